The molecule has 1 amide bonds. The van der Waals surface area contributed by atoms with Crippen molar-refractivity contribution in [3.05, 3.63) is 35.7 Å². The molecule has 6 heteroatoms. The normalized spacial score (nSPS) is 25.6. The van der Waals surface area contributed by atoms with Gasteiger partial charge in [0.25, 0.3) is 0 Å². The molecule has 2 aliphatic rings. The SMILES string of the molecule is Cc1ccc(-n2cnnc2S[C@H](C)C(=O)N[C@@H](C)[C@@H]2C[C@@H]3CC[C@@H]2C3)c(C)c1. The summed E-state index contributed by atoms with van der Waals surface area (Å²) < 4.78 is 1.97. The topological polar surface area (TPSA) is 59.8 Å². The molecule has 1 aromatic heterocycles. The van der Waals surface area contributed by atoms with Crippen LogP contribution in [-0.2, 0) is 4.79 Å². The summed E-state index contributed by atoms with van der Waals surface area (Å²) in [5, 5.41) is 12.2. The first kappa shape index (κ1) is 19.5. The number of hydrogen-bond acceptors (Lipinski definition) is 4. The molecular formula is C22H30N4OS. The molecule has 2 saturated carbocycles. The van der Waals surface area contributed by atoms with Gasteiger partial charge in [-0.3, -0.25) is 9.36 Å². The van der Waals surface area contributed by atoms with Crippen molar-refractivity contribution in [1.82, 2.24) is 20.1 Å². The predicted octanol–water partition coefficient (Wildman–Crippen LogP) is 4.31. The fourth-order valence-corrected chi connectivity index (χ4v) is 5.96. The van der Waals surface area contributed by atoms with Crippen LogP contribution in [0, 0.1) is 31.6 Å². The molecule has 28 heavy (non-hydrogen) atoms. The zero-order valence-corrected chi connectivity index (χ0v) is 18.0. The van der Waals surface area contributed by atoms with E-state index in [2.05, 4.69) is 54.5 Å². The first-order valence-electron chi connectivity index (χ1n) is 10.4. The summed E-state index contributed by atoms with van der Waals surface area (Å²) in [7, 11) is 0. The third-order valence-electron chi connectivity index (χ3n) is 6.58. The highest BCUT2D eigenvalue weighted by atomic mass is 32.2. The van der Waals surface area contributed by atoms with Gasteiger partial charge in [-0.15, -0.1) is 10.2 Å². The first-order valence-corrected chi connectivity index (χ1v) is 11.2. The van der Waals surface area contributed by atoms with Gasteiger partial charge in [-0.05, 0) is 76.3 Å². The second-order valence-electron chi connectivity index (χ2n) is 8.67. The largest absolute Gasteiger partial charge is 0.352 e. The second-order valence-corrected chi connectivity index (χ2v) is 9.98. The van der Waals surface area contributed by atoms with Crippen molar-refractivity contribution >= 4 is 17.7 Å². The third-order valence-corrected chi connectivity index (χ3v) is 7.64. The molecule has 2 aromatic rings. The number of amides is 1. The van der Waals surface area contributed by atoms with Crippen LogP contribution in [0.25, 0.3) is 5.69 Å². The molecule has 0 saturated heterocycles. The molecule has 0 spiro atoms. The first-order chi connectivity index (χ1) is 13.4. The van der Waals surface area contributed by atoms with Crippen molar-refractivity contribution < 1.29 is 4.79 Å². The van der Waals surface area contributed by atoms with Crippen LogP contribution in [0.1, 0.15) is 50.7 Å². The molecule has 4 rings (SSSR count). The van der Waals surface area contributed by atoms with Crippen molar-refractivity contribution in [2.24, 2.45) is 17.8 Å². The molecule has 1 heterocycles. The van der Waals surface area contributed by atoms with Crippen molar-refractivity contribution in [3.8, 4) is 5.69 Å². The maximum Gasteiger partial charge on any atom is 0.233 e. The van der Waals surface area contributed by atoms with E-state index in [9.17, 15) is 4.79 Å². The number of carbonyl (C=O) groups is 1. The van der Waals surface area contributed by atoms with E-state index >= 15 is 0 Å². The van der Waals surface area contributed by atoms with E-state index in [-0.39, 0.29) is 17.2 Å². The third kappa shape index (κ3) is 3.84. The van der Waals surface area contributed by atoms with Gasteiger partial charge in [0, 0.05) is 6.04 Å². The Bertz CT molecular complexity index is 864. The highest BCUT2D eigenvalue weighted by Crippen LogP contribution is 2.49. The summed E-state index contributed by atoms with van der Waals surface area (Å²) in [5.74, 6) is 2.46. The van der Waals surface area contributed by atoms with E-state index < -0.39 is 0 Å². The molecule has 150 valence electrons. The van der Waals surface area contributed by atoms with Crippen molar-refractivity contribution in [2.75, 3.05) is 0 Å². The monoisotopic (exact) mass is 398 g/mol. The van der Waals surface area contributed by atoms with Gasteiger partial charge in [-0.2, -0.15) is 0 Å². The number of fused-ring (bicyclic) bond motifs is 2. The lowest BCUT2D eigenvalue weighted by Gasteiger charge is -2.29. The fourth-order valence-electron chi connectivity index (χ4n) is 5.11. The van der Waals surface area contributed by atoms with Gasteiger partial charge in [0.05, 0.1) is 10.9 Å². The average molecular weight is 399 g/mol. The van der Waals surface area contributed by atoms with Crippen molar-refractivity contribution in [1.29, 1.82) is 0 Å². The van der Waals surface area contributed by atoms with E-state index in [1.807, 2.05) is 11.5 Å². The van der Waals surface area contributed by atoms with Gasteiger partial charge in [0.1, 0.15) is 6.33 Å². The van der Waals surface area contributed by atoms with Crippen LogP contribution in [-0.4, -0.2) is 32.0 Å². The van der Waals surface area contributed by atoms with Crippen molar-refractivity contribution in [3.63, 3.8) is 0 Å². The molecule has 0 aliphatic heterocycles. The Labute approximate surface area is 171 Å². The van der Waals surface area contributed by atoms with Crippen molar-refractivity contribution in [2.45, 2.75) is 69.8 Å². The Hall–Kier alpha value is -1.82. The number of benzene rings is 1. The van der Waals surface area contributed by atoms with Gasteiger partial charge in [-0.25, -0.2) is 0 Å². The highest BCUT2D eigenvalue weighted by molar-refractivity contribution is 8.00. The van der Waals surface area contributed by atoms with Gasteiger partial charge >= 0.3 is 0 Å². The number of nitrogens with one attached hydrogen (secondary N) is 1. The molecule has 2 bridgehead atoms. The quantitative estimate of drug-likeness (QED) is 0.737. The Morgan fingerprint density at radius 1 is 1.25 bits per heavy atom. The highest BCUT2D eigenvalue weighted by Gasteiger charge is 2.42. The number of nitrogens with zero attached hydrogens (tertiary/aromatic N) is 3. The van der Waals surface area contributed by atoms with Gasteiger partial charge < -0.3 is 5.32 Å². The van der Waals surface area contributed by atoms with Crippen LogP contribution in [0.4, 0.5) is 0 Å². The summed E-state index contributed by atoms with van der Waals surface area (Å²) in [6, 6.07) is 6.57. The summed E-state index contributed by atoms with van der Waals surface area (Å²) >= 11 is 1.47. The summed E-state index contributed by atoms with van der Waals surface area (Å²) in [4.78, 5) is 12.8. The van der Waals surface area contributed by atoms with Gasteiger partial charge in [0.2, 0.25) is 5.91 Å². The van der Waals surface area contributed by atoms with E-state index in [4.69, 9.17) is 0 Å². The van der Waals surface area contributed by atoms with Crippen LogP contribution in [0.15, 0.2) is 29.7 Å². The number of rotatable bonds is 6. The molecule has 1 N–H and O–H groups in total. The maximum atomic E-state index is 12.8. The standard InChI is InChI=1S/C22H30N4OS/c1-13-5-8-20(14(2)9-13)26-12-23-25-22(26)28-16(4)21(27)24-15(3)19-11-17-6-7-18(19)10-17/h5,8-9,12,15-19H,6-7,10-11H2,1-4H3,(H,24,27)/t15-,16+,17+,18+,19-/m0/s1. The predicted molar refractivity (Wildman–Crippen MR) is 113 cm³/mol. The summed E-state index contributed by atoms with van der Waals surface area (Å²) in [6.45, 7) is 8.31. The minimum Gasteiger partial charge on any atom is -0.352 e. The average Bonchev–Trinajstić information content (AvgIpc) is 3.38. The van der Waals surface area contributed by atoms with Gasteiger partial charge in [-0.1, -0.05) is 35.9 Å². The lowest BCUT2D eigenvalue weighted by Crippen LogP contribution is -2.43. The van der Waals surface area contributed by atoms with Crippen LogP contribution < -0.4 is 5.32 Å². The zero-order chi connectivity index (χ0) is 19.8. The van der Waals surface area contributed by atoms with Crippen LogP contribution in [0.2, 0.25) is 0 Å². The Morgan fingerprint density at radius 2 is 2.07 bits per heavy atom. The van der Waals surface area contributed by atoms with E-state index in [0.717, 1.165) is 22.7 Å². The fraction of sp³-hybridized carbons (Fsp3) is 0.591. The molecule has 5 nitrogen and oxygen atoms in total. The molecule has 0 radical (unpaired) electrons. The minimum atomic E-state index is -0.213. The molecular weight excluding hydrogens is 368 g/mol. The van der Waals surface area contributed by atoms with Crippen LogP contribution in [0.5, 0.6) is 0 Å². The Balaban J connectivity index is 1.40. The lowest BCUT2D eigenvalue weighted by atomic mass is 9.84. The summed E-state index contributed by atoms with van der Waals surface area (Å²) in [6.07, 6.45) is 7.12. The van der Waals surface area contributed by atoms with E-state index in [1.165, 1.54) is 48.6 Å². The second kappa shape index (κ2) is 7.90. The number of hydrogen-bond donors (Lipinski definition) is 1. The molecule has 2 fully saturated rings. The number of aromatic nitrogens is 3. The summed E-state index contributed by atoms with van der Waals surface area (Å²) in [5.41, 5.74) is 3.45. The Morgan fingerprint density at radius 3 is 2.75 bits per heavy atom. The van der Waals surface area contributed by atoms with E-state index in [1.54, 1.807) is 6.33 Å². The smallest absolute Gasteiger partial charge is 0.233 e. The number of thioether (sulfide) groups is 1. The maximum absolute atomic E-state index is 12.8. The van der Waals surface area contributed by atoms with Gasteiger partial charge in [0.15, 0.2) is 5.16 Å². The number of aryl methyl sites for hydroxylation is 2. The number of carbonyl (C=O) groups excluding carboxylic acids is 1. The molecule has 1 aromatic carbocycles. The Kier molecular flexibility index (Phi) is 5.50. The lowest BCUT2D eigenvalue weighted by molar-refractivity contribution is -0.121. The van der Waals surface area contributed by atoms with Crippen LogP contribution in [0.3, 0.4) is 0 Å². The molecule has 2 aliphatic carbocycles. The minimum absolute atomic E-state index is 0.0930. The molecule has 5 atom stereocenters. The zero-order valence-electron chi connectivity index (χ0n) is 17.2. The van der Waals surface area contributed by atoms with Crippen LogP contribution >= 0.6 is 11.8 Å². The molecule has 0 unspecified atom stereocenters. The van der Waals surface area contributed by atoms with E-state index in [0.29, 0.717) is 5.92 Å².